The van der Waals surface area contributed by atoms with Gasteiger partial charge in [-0.1, -0.05) is 23.8 Å². The highest BCUT2D eigenvalue weighted by Gasteiger charge is 2.14. The number of nitrogens with zero attached hydrogens (tertiary/aromatic N) is 1. The number of aromatic nitrogens is 1. The molecule has 1 aromatic carbocycles. The van der Waals surface area contributed by atoms with E-state index in [1.807, 2.05) is 44.2 Å². The van der Waals surface area contributed by atoms with E-state index in [2.05, 4.69) is 17.2 Å². The third-order valence-corrected chi connectivity index (χ3v) is 3.28. The Kier molecular flexibility index (Phi) is 4.17. The molecule has 0 amide bonds. The van der Waals surface area contributed by atoms with Crippen molar-refractivity contribution in [2.24, 2.45) is 0 Å². The fourth-order valence-electron chi connectivity index (χ4n) is 2.20. The smallest absolute Gasteiger partial charge is 0.120 e. The summed E-state index contributed by atoms with van der Waals surface area (Å²) in [5.41, 5.74) is 3.07. The molecule has 3 nitrogen and oxygen atoms in total. The van der Waals surface area contributed by atoms with Crippen LogP contribution in [-0.2, 0) is 0 Å². The van der Waals surface area contributed by atoms with E-state index in [1.165, 1.54) is 0 Å². The Morgan fingerprint density at radius 3 is 2.58 bits per heavy atom. The summed E-state index contributed by atoms with van der Waals surface area (Å²) in [5, 5.41) is 13.4. The van der Waals surface area contributed by atoms with E-state index in [0.717, 1.165) is 16.8 Å². The Morgan fingerprint density at radius 1 is 1.11 bits per heavy atom. The Bertz CT molecular complexity index is 540. The van der Waals surface area contributed by atoms with Gasteiger partial charge in [-0.3, -0.25) is 4.98 Å². The molecule has 0 saturated carbocycles. The van der Waals surface area contributed by atoms with Gasteiger partial charge in [-0.05, 0) is 39.0 Å². The second-order valence-electron chi connectivity index (χ2n) is 4.93. The van der Waals surface area contributed by atoms with E-state index >= 15 is 0 Å². The average Bonchev–Trinajstić information content (AvgIpc) is 2.42. The normalized spacial score (nSPS) is 14.1. The first-order valence-electron chi connectivity index (χ1n) is 6.54. The Hall–Kier alpha value is -1.87. The van der Waals surface area contributed by atoms with Gasteiger partial charge < -0.3 is 10.4 Å². The van der Waals surface area contributed by atoms with Crippen molar-refractivity contribution in [2.45, 2.75) is 32.9 Å². The van der Waals surface area contributed by atoms with E-state index in [9.17, 15) is 5.11 Å². The lowest BCUT2D eigenvalue weighted by molar-refractivity contribution is 0.436. The van der Waals surface area contributed by atoms with Crippen LogP contribution >= 0.6 is 0 Å². The number of hydrogen-bond donors (Lipinski definition) is 2. The number of benzene rings is 1. The zero-order chi connectivity index (χ0) is 13.8. The van der Waals surface area contributed by atoms with Crippen LogP contribution in [-0.4, -0.2) is 10.1 Å². The van der Waals surface area contributed by atoms with Crippen LogP contribution in [0.15, 0.2) is 42.6 Å². The second-order valence-corrected chi connectivity index (χ2v) is 4.93. The van der Waals surface area contributed by atoms with E-state index in [0.29, 0.717) is 5.75 Å². The van der Waals surface area contributed by atoms with E-state index in [-0.39, 0.29) is 12.1 Å². The zero-order valence-electron chi connectivity index (χ0n) is 11.6. The minimum atomic E-state index is 0.0666. The van der Waals surface area contributed by atoms with E-state index in [4.69, 9.17) is 0 Å². The predicted molar refractivity (Wildman–Crippen MR) is 77.0 cm³/mol. The van der Waals surface area contributed by atoms with Crippen molar-refractivity contribution in [3.8, 4) is 5.75 Å². The summed E-state index contributed by atoms with van der Waals surface area (Å²) < 4.78 is 0. The Morgan fingerprint density at radius 2 is 1.89 bits per heavy atom. The molecule has 0 aliphatic heterocycles. The van der Waals surface area contributed by atoms with E-state index in [1.54, 1.807) is 12.3 Å². The van der Waals surface area contributed by atoms with Crippen LogP contribution in [0.1, 0.15) is 42.8 Å². The maximum absolute atomic E-state index is 9.93. The summed E-state index contributed by atoms with van der Waals surface area (Å²) in [6, 6.07) is 11.8. The van der Waals surface area contributed by atoms with Crippen molar-refractivity contribution >= 4 is 0 Å². The molecule has 1 aromatic heterocycles. The van der Waals surface area contributed by atoms with Crippen LogP contribution in [0, 0.1) is 6.92 Å². The van der Waals surface area contributed by atoms with Crippen LogP contribution in [0.3, 0.4) is 0 Å². The largest absolute Gasteiger partial charge is 0.508 e. The van der Waals surface area contributed by atoms with Crippen LogP contribution < -0.4 is 5.32 Å². The fraction of sp³-hybridized carbons (Fsp3) is 0.312. The lowest BCUT2D eigenvalue weighted by Gasteiger charge is -2.21. The first-order valence-corrected chi connectivity index (χ1v) is 6.54. The molecule has 0 spiro atoms. The van der Waals surface area contributed by atoms with Crippen molar-refractivity contribution in [1.82, 2.24) is 10.3 Å². The van der Waals surface area contributed by atoms with Gasteiger partial charge in [-0.15, -0.1) is 0 Å². The van der Waals surface area contributed by atoms with E-state index < -0.39 is 0 Å². The molecule has 1 unspecified atom stereocenters. The summed E-state index contributed by atoms with van der Waals surface area (Å²) in [4.78, 5) is 4.34. The van der Waals surface area contributed by atoms with Crippen LogP contribution in [0.5, 0.6) is 5.75 Å². The molecule has 0 radical (unpaired) electrons. The van der Waals surface area contributed by atoms with Gasteiger partial charge in [0.2, 0.25) is 0 Å². The molecular weight excluding hydrogens is 236 g/mol. The fourth-order valence-corrected chi connectivity index (χ4v) is 2.20. The maximum atomic E-state index is 9.93. The van der Waals surface area contributed by atoms with Crippen LogP contribution in [0.4, 0.5) is 0 Å². The number of phenolic OH excluding ortho intramolecular Hbond substituents is 1. The standard InChI is InChI=1S/C16H20N2O/c1-11-7-8-16(19)14(10-11)12(2)18-13(3)15-6-4-5-9-17-15/h4-10,12-13,18-19H,1-3H3/t12?,13-/m1/s1. The molecular formula is C16H20N2O. The van der Waals surface area contributed by atoms with Gasteiger partial charge in [0.05, 0.1) is 5.69 Å². The third-order valence-electron chi connectivity index (χ3n) is 3.28. The molecule has 0 aliphatic carbocycles. The highest BCUT2D eigenvalue weighted by atomic mass is 16.3. The van der Waals surface area contributed by atoms with Crippen molar-refractivity contribution < 1.29 is 5.11 Å². The molecule has 0 fully saturated rings. The number of nitrogens with one attached hydrogen (secondary N) is 1. The van der Waals surface area contributed by atoms with Gasteiger partial charge >= 0.3 is 0 Å². The summed E-state index contributed by atoms with van der Waals surface area (Å²) >= 11 is 0. The van der Waals surface area contributed by atoms with Crippen molar-refractivity contribution in [3.63, 3.8) is 0 Å². The van der Waals surface area contributed by atoms with Gasteiger partial charge in [-0.25, -0.2) is 0 Å². The minimum Gasteiger partial charge on any atom is -0.508 e. The molecule has 19 heavy (non-hydrogen) atoms. The lowest BCUT2D eigenvalue weighted by atomic mass is 10.0. The van der Waals surface area contributed by atoms with Gasteiger partial charge in [0.15, 0.2) is 0 Å². The first-order chi connectivity index (χ1) is 9.08. The molecule has 2 N–H and O–H groups in total. The van der Waals surface area contributed by atoms with Gasteiger partial charge in [0.25, 0.3) is 0 Å². The number of phenols is 1. The predicted octanol–water partition coefficient (Wildman–Crippen LogP) is 3.51. The molecule has 3 heteroatoms. The molecule has 2 rings (SSSR count). The van der Waals surface area contributed by atoms with Crippen LogP contribution in [0.2, 0.25) is 0 Å². The number of aromatic hydroxyl groups is 1. The lowest BCUT2D eigenvalue weighted by Crippen LogP contribution is -2.23. The number of aryl methyl sites for hydroxylation is 1. The maximum Gasteiger partial charge on any atom is 0.120 e. The molecule has 0 aliphatic rings. The summed E-state index contributed by atoms with van der Waals surface area (Å²) in [7, 11) is 0. The Balaban J connectivity index is 2.13. The molecule has 1 heterocycles. The topological polar surface area (TPSA) is 45.1 Å². The SMILES string of the molecule is Cc1ccc(O)c(C(C)N[C@H](C)c2ccccn2)c1. The average molecular weight is 256 g/mol. The molecule has 0 saturated heterocycles. The first kappa shape index (κ1) is 13.6. The Labute approximate surface area is 114 Å². The summed E-state index contributed by atoms with van der Waals surface area (Å²) in [6.45, 7) is 6.15. The zero-order valence-corrected chi connectivity index (χ0v) is 11.6. The highest BCUT2D eigenvalue weighted by Crippen LogP contribution is 2.26. The molecule has 2 aromatic rings. The summed E-state index contributed by atoms with van der Waals surface area (Å²) in [6.07, 6.45) is 1.79. The highest BCUT2D eigenvalue weighted by molar-refractivity contribution is 5.37. The van der Waals surface area contributed by atoms with Gasteiger partial charge in [0, 0.05) is 23.8 Å². The van der Waals surface area contributed by atoms with Crippen molar-refractivity contribution in [2.75, 3.05) is 0 Å². The van der Waals surface area contributed by atoms with Crippen molar-refractivity contribution in [1.29, 1.82) is 0 Å². The second kappa shape index (κ2) is 5.85. The van der Waals surface area contributed by atoms with Crippen molar-refractivity contribution in [3.05, 3.63) is 59.4 Å². The third kappa shape index (κ3) is 3.32. The molecule has 2 atom stereocenters. The number of hydrogen-bond acceptors (Lipinski definition) is 3. The quantitative estimate of drug-likeness (QED) is 0.880. The number of pyridine rings is 1. The van der Waals surface area contributed by atoms with Crippen LogP contribution in [0.25, 0.3) is 0 Å². The van der Waals surface area contributed by atoms with Gasteiger partial charge in [-0.2, -0.15) is 0 Å². The number of rotatable bonds is 4. The molecule has 0 bridgehead atoms. The van der Waals surface area contributed by atoms with Gasteiger partial charge in [0.1, 0.15) is 5.75 Å². The monoisotopic (exact) mass is 256 g/mol. The summed E-state index contributed by atoms with van der Waals surface area (Å²) in [5.74, 6) is 0.332. The molecule has 100 valence electrons. The minimum absolute atomic E-state index is 0.0666.